The lowest BCUT2D eigenvalue weighted by molar-refractivity contribution is 1.35. The fraction of sp³-hybridized carbons (Fsp3) is 0.125. The van der Waals surface area contributed by atoms with Crippen molar-refractivity contribution in [3.05, 3.63) is 16.6 Å². The maximum absolute atomic E-state index is 5.56. The molecule has 0 atom stereocenters. The van der Waals surface area contributed by atoms with E-state index < -0.39 is 0 Å². The van der Waals surface area contributed by atoms with E-state index in [1.54, 1.807) is 11.8 Å². The second-order valence-electron chi connectivity index (χ2n) is 2.63. The van der Waals surface area contributed by atoms with Crippen LogP contribution in [0.4, 0.5) is 5.95 Å². The van der Waals surface area contributed by atoms with E-state index in [0.717, 1.165) is 15.5 Å². The van der Waals surface area contributed by atoms with Gasteiger partial charge in [0.25, 0.3) is 0 Å². The molecule has 3 N–H and O–H groups in total. The Morgan fingerprint density at radius 1 is 1.54 bits per heavy atom. The first-order chi connectivity index (χ1) is 6.20. The molecule has 0 saturated carbocycles. The van der Waals surface area contributed by atoms with Crippen molar-refractivity contribution in [3.63, 3.8) is 0 Å². The van der Waals surface area contributed by atoms with Gasteiger partial charge in [0, 0.05) is 9.37 Å². The number of nitrogens with two attached hydrogens (primary N) is 1. The summed E-state index contributed by atoms with van der Waals surface area (Å²) in [5.74, 6) is 0.453. The normalized spacial score (nSPS) is 10.9. The maximum atomic E-state index is 5.56. The number of H-pyrrole nitrogens is 1. The van der Waals surface area contributed by atoms with E-state index in [1.807, 2.05) is 18.4 Å². The molecule has 1 heterocycles. The molecule has 0 spiro atoms. The molecule has 0 saturated heterocycles. The van der Waals surface area contributed by atoms with E-state index in [1.165, 1.54) is 4.90 Å². The molecule has 13 heavy (non-hydrogen) atoms. The Hall–Kier alpha value is -0.680. The van der Waals surface area contributed by atoms with E-state index >= 15 is 0 Å². The summed E-state index contributed by atoms with van der Waals surface area (Å²) in [4.78, 5) is 8.33. The van der Waals surface area contributed by atoms with Gasteiger partial charge in [-0.3, -0.25) is 0 Å². The molecule has 2 aromatic rings. The monoisotopic (exact) mass is 257 g/mol. The smallest absolute Gasteiger partial charge is 0.198 e. The highest BCUT2D eigenvalue weighted by molar-refractivity contribution is 9.10. The number of hydrogen-bond acceptors (Lipinski definition) is 3. The summed E-state index contributed by atoms with van der Waals surface area (Å²) >= 11 is 5.14. The summed E-state index contributed by atoms with van der Waals surface area (Å²) in [5.41, 5.74) is 7.41. The minimum Gasteiger partial charge on any atom is -0.369 e. The van der Waals surface area contributed by atoms with Crippen molar-refractivity contribution in [1.29, 1.82) is 0 Å². The first-order valence-electron chi connectivity index (χ1n) is 3.69. The molecule has 0 fully saturated rings. The van der Waals surface area contributed by atoms with Crippen LogP contribution in [0.5, 0.6) is 0 Å². The fourth-order valence-corrected chi connectivity index (χ4v) is 2.36. The zero-order valence-corrected chi connectivity index (χ0v) is 9.37. The molecule has 1 aromatic heterocycles. The van der Waals surface area contributed by atoms with Gasteiger partial charge >= 0.3 is 0 Å². The van der Waals surface area contributed by atoms with Gasteiger partial charge in [-0.1, -0.05) is 0 Å². The molecule has 0 aliphatic rings. The quantitative estimate of drug-likeness (QED) is 0.773. The van der Waals surface area contributed by atoms with Crippen LogP contribution < -0.4 is 5.73 Å². The van der Waals surface area contributed by atoms with Gasteiger partial charge in [0.2, 0.25) is 0 Å². The Kier molecular flexibility index (Phi) is 2.21. The number of nitrogens with zero attached hydrogens (tertiary/aromatic N) is 1. The van der Waals surface area contributed by atoms with Crippen LogP contribution in [0.3, 0.4) is 0 Å². The molecule has 68 valence electrons. The lowest BCUT2D eigenvalue weighted by Gasteiger charge is -1.97. The number of fused-ring (bicyclic) bond motifs is 1. The van der Waals surface area contributed by atoms with E-state index in [0.29, 0.717) is 5.95 Å². The number of imidazole rings is 1. The Bertz CT molecular complexity index is 452. The molecule has 3 nitrogen and oxygen atoms in total. The summed E-state index contributed by atoms with van der Waals surface area (Å²) in [6.45, 7) is 0. The van der Waals surface area contributed by atoms with Crippen molar-refractivity contribution in [2.75, 3.05) is 12.0 Å². The van der Waals surface area contributed by atoms with Crippen LogP contribution in [0.2, 0.25) is 0 Å². The van der Waals surface area contributed by atoms with Gasteiger partial charge in [-0.25, -0.2) is 4.98 Å². The summed E-state index contributed by atoms with van der Waals surface area (Å²) in [6, 6.07) is 4.07. The zero-order chi connectivity index (χ0) is 9.42. The molecule has 0 aliphatic heterocycles. The van der Waals surface area contributed by atoms with Crippen molar-refractivity contribution in [1.82, 2.24) is 9.97 Å². The molecule has 0 unspecified atom stereocenters. The Morgan fingerprint density at radius 2 is 2.31 bits per heavy atom. The highest BCUT2D eigenvalue weighted by Gasteiger charge is 2.05. The molecule has 1 aromatic carbocycles. The van der Waals surface area contributed by atoms with Crippen molar-refractivity contribution in [2.24, 2.45) is 0 Å². The third-order valence-corrected chi connectivity index (χ3v) is 3.08. The number of benzene rings is 1. The number of nitrogen functional groups attached to an aromatic ring is 1. The van der Waals surface area contributed by atoms with Gasteiger partial charge in [-0.05, 0) is 34.3 Å². The predicted molar refractivity (Wildman–Crippen MR) is 60.0 cm³/mol. The van der Waals surface area contributed by atoms with Gasteiger partial charge in [-0.2, -0.15) is 0 Å². The molecular formula is C8H8BrN3S. The molecule has 0 bridgehead atoms. The Labute approximate surface area is 88.2 Å². The second-order valence-corrected chi connectivity index (χ2v) is 4.36. The molecule has 0 amide bonds. The highest BCUT2D eigenvalue weighted by atomic mass is 79.9. The SMILES string of the molecule is CSc1cc(Br)c2nc(N)[nH]c2c1. The second kappa shape index (κ2) is 3.23. The number of halogens is 1. The van der Waals surface area contributed by atoms with Crippen LogP contribution in [0.25, 0.3) is 11.0 Å². The molecule has 5 heteroatoms. The Balaban J connectivity index is 2.75. The standard InChI is InChI=1S/C8H8BrN3S/c1-13-4-2-5(9)7-6(3-4)11-8(10)12-7/h2-3H,1H3,(H3,10,11,12). The third kappa shape index (κ3) is 1.53. The zero-order valence-electron chi connectivity index (χ0n) is 6.97. The lowest BCUT2D eigenvalue weighted by atomic mass is 10.3. The summed E-state index contributed by atoms with van der Waals surface area (Å²) in [5, 5.41) is 0. The first kappa shape index (κ1) is 8.90. The summed E-state index contributed by atoms with van der Waals surface area (Å²) < 4.78 is 0.974. The van der Waals surface area contributed by atoms with Crippen molar-refractivity contribution in [3.8, 4) is 0 Å². The largest absolute Gasteiger partial charge is 0.369 e. The van der Waals surface area contributed by atoms with Crippen LogP contribution in [0, 0.1) is 0 Å². The lowest BCUT2D eigenvalue weighted by Crippen LogP contribution is -1.84. The number of anilines is 1. The molecule has 0 radical (unpaired) electrons. The van der Waals surface area contributed by atoms with Crippen molar-refractivity contribution in [2.45, 2.75) is 4.90 Å². The van der Waals surface area contributed by atoms with Gasteiger partial charge in [0.1, 0.15) is 5.52 Å². The molecular weight excluding hydrogens is 250 g/mol. The first-order valence-corrected chi connectivity index (χ1v) is 5.71. The topological polar surface area (TPSA) is 54.7 Å². The maximum Gasteiger partial charge on any atom is 0.198 e. The van der Waals surface area contributed by atoms with Crippen LogP contribution in [0.1, 0.15) is 0 Å². The number of nitrogens with one attached hydrogen (secondary N) is 1. The average Bonchev–Trinajstić information content (AvgIpc) is 2.46. The van der Waals surface area contributed by atoms with E-state index in [-0.39, 0.29) is 0 Å². The van der Waals surface area contributed by atoms with Crippen molar-refractivity contribution < 1.29 is 0 Å². The predicted octanol–water partition coefficient (Wildman–Crippen LogP) is 2.63. The van der Waals surface area contributed by atoms with Crippen molar-refractivity contribution >= 4 is 44.7 Å². The summed E-state index contributed by atoms with van der Waals surface area (Å²) in [7, 11) is 0. The van der Waals surface area contributed by atoms with Gasteiger partial charge < -0.3 is 10.7 Å². The third-order valence-electron chi connectivity index (χ3n) is 1.77. The van der Waals surface area contributed by atoms with Gasteiger partial charge in [0.15, 0.2) is 5.95 Å². The number of rotatable bonds is 1. The average molecular weight is 258 g/mol. The fourth-order valence-electron chi connectivity index (χ4n) is 1.19. The van der Waals surface area contributed by atoms with Crippen LogP contribution in [-0.2, 0) is 0 Å². The van der Waals surface area contributed by atoms with Crippen LogP contribution in [0.15, 0.2) is 21.5 Å². The van der Waals surface area contributed by atoms with Gasteiger partial charge in [-0.15, -0.1) is 11.8 Å². The minimum absolute atomic E-state index is 0.453. The van der Waals surface area contributed by atoms with Crippen LogP contribution in [-0.4, -0.2) is 16.2 Å². The van der Waals surface area contributed by atoms with Gasteiger partial charge in [0.05, 0.1) is 5.52 Å². The number of hydrogen-bond donors (Lipinski definition) is 2. The number of thioether (sulfide) groups is 1. The van der Waals surface area contributed by atoms with E-state index in [9.17, 15) is 0 Å². The summed E-state index contributed by atoms with van der Waals surface area (Å²) in [6.07, 6.45) is 2.04. The minimum atomic E-state index is 0.453. The highest BCUT2D eigenvalue weighted by Crippen LogP contribution is 2.28. The number of aromatic nitrogens is 2. The molecule has 0 aliphatic carbocycles. The van der Waals surface area contributed by atoms with Crippen LogP contribution >= 0.6 is 27.7 Å². The van der Waals surface area contributed by atoms with E-state index in [2.05, 4.69) is 25.9 Å². The Morgan fingerprint density at radius 3 is 3.00 bits per heavy atom. The number of aromatic amines is 1. The van der Waals surface area contributed by atoms with E-state index in [4.69, 9.17) is 5.73 Å². The molecule has 2 rings (SSSR count).